The Hall–Kier alpha value is -1.16. The average molecular weight is 348 g/mol. The summed E-state index contributed by atoms with van der Waals surface area (Å²) in [6, 6.07) is 12.2. The Morgan fingerprint density at radius 3 is 2.05 bits per heavy atom. The fraction of sp³-hybridized carbons (Fsp3) is 0.333. The number of aliphatic hydroxyl groups excluding tert-OH is 1. The van der Waals surface area contributed by atoms with Crippen LogP contribution in [-0.2, 0) is 0 Å². The molecule has 0 saturated carbocycles. The monoisotopic (exact) mass is 347 g/mol. The fourth-order valence-electron chi connectivity index (χ4n) is 3.02. The normalized spacial score (nSPS) is 14.0. The van der Waals surface area contributed by atoms with E-state index in [1.54, 1.807) is 0 Å². The molecule has 0 aliphatic heterocycles. The lowest BCUT2D eigenvalue weighted by molar-refractivity contribution is 0.146. The predicted molar refractivity (Wildman–Crippen MR) is 91.6 cm³/mol. The van der Waals surface area contributed by atoms with Crippen LogP contribution in [0.15, 0.2) is 40.9 Å². The highest BCUT2D eigenvalue weighted by Gasteiger charge is 2.24. The largest absolute Gasteiger partial charge is 0.388 e. The minimum atomic E-state index is -0.586. The summed E-state index contributed by atoms with van der Waals surface area (Å²) in [5.74, 6) is -0.0989. The van der Waals surface area contributed by atoms with Crippen molar-refractivity contribution < 1.29 is 5.11 Å². The van der Waals surface area contributed by atoms with Crippen LogP contribution in [0.1, 0.15) is 39.8 Å². The van der Waals surface area contributed by atoms with Gasteiger partial charge in [0, 0.05) is 16.9 Å². The summed E-state index contributed by atoms with van der Waals surface area (Å²) in [7, 11) is 0. The Bertz CT molecular complexity index is 599. The van der Waals surface area contributed by atoms with Crippen LogP contribution in [0.25, 0.3) is 0 Å². The van der Waals surface area contributed by atoms with Crippen LogP contribution in [0.2, 0.25) is 0 Å². The zero-order chi connectivity index (χ0) is 15.6. The highest BCUT2D eigenvalue weighted by atomic mass is 79.9. The molecule has 0 spiro atoms. The summed E-state index contributed by atoms with van der Waals surface area (Å²) < 4.78 is 1.03. The predicted octanol–water partition coefficient (Wildman–Crippen LogP) is 4.15. The van der Waals surface area contributed by atoms with E-state index in [2.05, 4.69) is 35.0 Å². The summed E-state index contributed by atoms with van der Waals surface area (Å²) in [5, 5.41) is 10.9. The van der Waals surface area contributed by atoms with Crippen molar-refractivity contribution in [1.29, 1.82) is 0 Å². The second-order valence-electron chi connectivity index (χ2n) is 5.65. The molecule has 0 aliphatic carbocycles. The van der Waals surface area contributed by atoms with Gasteiger partial charge in [-0.15, -0.1) is 0 Å². The van der Waals surface area contributed by atoms with Crippen LogP contribution in [0.3, 0.4) is 0 Å². The molecule has 0 radical (unpaired) electrons. The standard InChI is InChI=1S/C18H22BrNO/c1-11-8-12(2)17(13(3)9-11)18(21)16(10-20)14-4-6-15(19)7-5-14/h4-9,16,18,21H,10,20H2,1-3H3. The molecule has 2 aromatic rings. The molecule has 0 fully saturated rings. The third-order valence-electron chi connectivity index (χ3n) is 3.97. The second-order valence-corrected chi connectivity index (χ2v) is 6.57. The molecule has 0 aromatic heterocycles. The smallest absolute Gasteiger partial charge is 0.0875 e. The lowest BCUT2D eigenvalue weighted by Crippen LogP contribution is -2.21. The van der Waals surface area contributed by atoms with E-state index in [4.69, 9.17) is 5.73 Å². The molecule has 3 heteroatoms. The maximum absolute atomic E-state index is 10.9. The van der Waals surface area contributed by atoms with Crippen molar-refractivity contribution >= 4 is 15.9 Å². The van der Waals surface area contributed by atoms with Crippen molar-refractivity contribution in [3.8, 4) is 0 Å². The van der Waals surface area contributed by atoms with Crippen molar-refractivity contribution in [1.82, 2.24) is 0 Å². The van der Waals surface area contributed by atoms with Crippen LogP contribution < -0.4 is 5.73 Å². The van der Waals surface area contributed by atoms with Gasteiger partial charge in [-0.05, 0) is 55.2 Å². The molecule has 0 heterocycles. The Kier molecular flexibility index (Phi) is 5.20. The zero-order valence-corrected chi connectivity index (χ0v) is 14.3. The number of hydrogen-bond acceptors (Lipinski definition) is 2. The second kappa shape index (κ2) is 6.73. The van der Waals surface area contributed by atoms with Gasteiger partial charge in [0.05, 0.1) is 6.10 Å². The quantitative estimate of drug-likeness (QED) is 0.872. The van der Waals surface area contributed by atoms with Crippen molar-refractivity contribution in [3.05, 3.63) is 68.7 Å². The summed E-state index contributed by atoms with van der Waals surface area (Å²) in [6.07, 6.45) is -0.586. The highest BCUT2D eigenvalue weighted by molar-refractivity contribution is 9.10. The van der Waals surface area contributed by atoms with Gasteiger partial charge in [-0.1, -0.05) is 45.8 Å². The van der Waals surface area contributed by atoms with Gasteiger partial charge < -0.3 is 10.8 Å². The van der Waals surface area contributed by atoms with Gasteiger partial charge in [-0.3, -0.25) is 0 Å². The molecule has 3 N–H and O–H groups in total. The van der Waals surface area contributed by atoms with Crippen molar-refractivity contribution in [2.75, 3.05) is 6.54 Å². The summed E-state index contributed by atoms with van der Waals surface area (Å²) in [6.45, 7) is 6.59. The van der Waals surface area contributed by atoms with Crippen LogP contribution in [-0.4, -0.2) is 11.7 Å². The topological polar surface area (TPSA) is 46.2 Å². The third kappa shape index (κ3) is 3.54. The molecular weight excluding hydrogens is 326 g/mol. The molecule has 0 bridgehead atoms. The molecule has 2 unspecified atom stereocenters. The molecule has 0 aliphatic rings. The lowest BCUT2D eigenvalue weighted by Gasteiger charge is -2.25. The highest BCUT2D eigenvalue weighted by Crippen LogP contribution is 2.34. The van der Waals surface area contributed by atoms with Gasteiger partial charge in [-0.25, -0.2) is 0 Å². The van der Waals surface area contributed by atoms with Crippen LogP contribution >= 0.6 is 15.9 Å². The number of benzene rings is 2. The molecule has 0 amide bonds. The van der Waals surface area contributed by atoms with E-state index in [0.29, 0.717) is 6.54 Å². The summed E-state index contributed by atoms with van der Waals surface area (Å²) in [5.41, 5.74) is 11.5. The SMILES string of the molecule is Cc1cc(C)c(C(O)C(CN)c2ccc(Br)cc2)c(C)c1. The summed E-state index contributed by atoms with van der Waals surface area (Å²) in [4.78, 5) is 0. The van der Waals surface area contributed by atoms with Crippen molar-refractivity contribution in [3.63, 3.8) is 0 Å². The first-order chi connectivity index (χ1) is 9.93. The number of aryl methyl sites for hydroxylation is 3. The molecule has 2 nitrogen and oxygen atoms in total. The van der Waals surface area contributed by atoms with Crippen LogP contribution in [0, 0.1) is 20.8 Å². The Labute approximate surface area is 135 Å². The molecule has 2 rings (SSSR count). The van der Waals surface area contributed by atoms with Crippen molar-refractivity contribution in [2.45, 2.75) is 32.8 Å². The first-order valence-corrected chi connectivity index (χ1v) is 7.94. The first kappa shape index (κ1) is 16.2. The third-order valence-corrected chi connectivity index (χ3v) is 4.50. The maximum atomic E-state index is 10.9. The van der Waals surface area contributed by atoms with E-state index in [0.717, 1.165) is 26.7 Å². The van der Waals surface area contributed by atoms with E-state index in [9.17, 15) is 5.11 Å². The zero-order valence-electron chi connectivity index (χ0n) is 12.7. The van der Waals surface area contributed by atoms with E-state index in [1.807, 2.05) is 38.1 Å². The number of aliphatic hydroxyl groups is 1. The van der Waals surface area contributed by atoms with E-state index in [-0.39, 0.29) is 5.92 Å². The lowest BCUT2D eigenvalue weighted by atomic mass is 9.85. The van der Waals surface area contributed by atoms with Crippen LogP contribution in [0.4, 0.5) is 0 Å². The number of halogens is 1. The minimum Gasteiger partial charge on any atom is -0.388 e. The Balaban J connectivity index is 2.41. The molecule has 112 valence electrons. The van der Waals surface area contributed by atoms with E-state index in [1.165, 1.54) is 5.56 Å². The fourth-order valence-corrected chi connectivity index (χ4v) is 3.28. The van der Waals surface area contributed by atoms with Crippen molar-refractivity contribution in [2.24, 2.45) is 5.73 Å². The Morgan fingerprint density at radius 2 is 1.57 bits per heavy atom. The van der Waals surface area contributed by atoms with E-state index < -0.39 is 6.10 Å². The van der Waals surface area contributed by atoms with Gasteiger partial charge >= 0.3 is 0 Å². The number of rotatable bonds is 4. The van der Waals surface area contributed by atoms with E-state index >= 15 is 0 Å². The summed E-state index contributed by atoms with van der Waals surface area (Å²) >= 11 is 3.44. The molecule has 0 saturated heterocycles. The first-order valence-electron chi connectivity index (χ1n) is 7.15. The van der Waals surface area contributed by atoms with Gasteiger partial charge in [0.1, 0.15) is 0 Å². The van der Waals surface area contributed by atoms with Gasteiger partial charge in [0.25, 0.3) is 0 Å². The van der Waals surface area contributed by atoms with Crippen LogP contribution in [0.5, 0.6) is 0 Å². The van der Waals surface area contributed by atoms with Gasteiger partial charge in [0.2, 0.25) is 0 Å². The van der Waals surface area contributed by atoms with Gasteiger partial charge in [0.15, 0.2) is 0 Å². The maximum Gasteiger partial charge on any atom is 0.0875 e. The molecule has 21 heavy (non-hydrogen) atoms. The minimum absolute atomic E-state index is 0.0989. The molecule has 2 aromatic carbocycles. The molecule has 2 atom stereocenters. The Morgan fingerprint density at radius 1 is 1.05 bits per heavy atom. The number of nitrogens with two attached hydrogens (primary N) is 1. The number of hydrogen-bond donors (Lipinski definition) is 2. The van der Waals surface area contributed by atoms with Gasteiger partial charge in [-0.2, -0.15) is 0 Å². The molecular formula is C18H22BrNO. The average Bonchev–Trinajstić information content (AvgIpc) is 2.40.